The second-order valence-corrected chi connectivity index (χ2v) is 19.2. The topological polar surface area (TPSA) is 114 Å². The van der Waals surface area contributed by atoms with E-state index in [4.69, 9.17) is 9.47 Å². The van der Waals surface area contributed by atoms with Crippen LogP contribution in [0.1, 0.15) is 79.7 Å². The lowest BCUT2D eigenvalue weighted by molar-refractivity contribution is 0.320. The van der Waals surface area contributed by atoms with Gasteiger partial charge in [-0.05, 0) is 62.1 Å². The van der Waals surface area contributed by atoms with Crippen molar-refractivity contribution in [1.82, 2.24) is 0 Å². The Kier molecular flexibility index (Phi) is 9.57. The van der Waals surface area contributed by atoms with E-state index in [1.807, 2.05) is 81.8 Å². The maximum absolute atomic E-state index is 9.38. The quantitative estimate of drug-likeness (QED) is 0.128. The number of hydrogen-bond donors (Lipinski definition) is 0. The molecule has 0 N–H and O–H groups in total. The molecule has 0 atom stereocenters. The minimum Gasteiger partial charge on any atom is -0.492 e. The number of allylic oxidation sites excluding steroid dienone is 2. The normalized spacial score (nSPS) is 14.0. The predicted octanol–water partition coefficient (Wildman–Crippen LogP) is 13.4. The molecule has 0 aliphatic heterocycles. The minimum absolute atomic E-state index is 0.0254. The average Bonchev–Trinajstić information content (AvgIpc) is 4.01. The smallest absolute Gasteiger partial charge is 0.139 e. The van der Waals surface area contributed by atoms with Crippen LogP contribution in [0.2, 0.25) is 0 Å². The highest BCUT2D eigenvalue weighted by Gasteiger charge is 2.49. The van der Waals surface area contributed by atoms with Crippen LogP contribution >= 0.6 is 68.0 Å². The van der Waals surface area contributed by atoms with E-state index in [0.717, 1.165) is 66.4 Å². The molecule has 6 aromatic heterocycles. The van der Waals surface area contributed by atoms with Crippen LogP contribution in [0.3, 0.4) is 0 Å². The Morgan fingerprint density at radius 2 is 1.06 bits per heavy atom. The molecule has 2 aliphatic carbocycles. The Morgan fingerprint density at radius 3 is 1.46 bits per heavy atom. The fourth-order valence-electron chi connectivity index (χ4n) is 7.34. The van der Waals surface area contributed by atoms with Crippen molar-refractivity contribution in [3.8, 4) is 65.0 Å². The molecule has 6 aromatic rings. The number of nitriles is 4. The molecule has 52 heavy (non-hydrogen) atoms. The highest BCUT2D eigenvalue weighted by atomic mass is 32.1. The van der Waals surface area contributed by atoms with Crippen molar-refractivity contribution in [2.24, 2.45) is 0 Å². The summed E-state index contributed by atoms with van der Waals surface area (Å²) in [4.78, 5) is 8.98. The monoisotopic (exact) mass is 790 g/mol. The Bertz CT molecular complexity index is 2400. The second-order valence-electron chi connectivity index (χ2n) is 12.8. The summed E-state index contributed by atoms with van der Waals surface area (Å²) in [6.07, 6.45) is 11.0. The van der Waals surface area contributed by atoms with Crippen molar-refractivity contribution in [3.63, 3.8) is 0 Å². The summed E-state index contributed by atoms with van der Waals surface area (Å²) in [5.41, 5.74) is 3.17. The summed E-state index contributed by atoms with van der Waals surface area (Å²) in [5, 5.41) is 37.5. The number of rotatable bonds is 10. The van der Waals surface area contributed by atoms with E-state index >= 15 is 0 Å². The van der Waals surface area contributed by atoms with Gasteiger partial charge in [-0.2, -0.15) is 21.0 Å². The SMILES string of the molecule is CCCOc1cc(C=C(C#N)C#N)sc1-c1cc2sc3c(c2s1)C1(CCCCC1)c1c-3sc2cc(-c3sc(C=C(C#N)C#N)cc3OCCC)sc12. The van der Waals surface area contributed by atoms with E-state index in [2.05, 4.69) is 26.0 Å². The van der Waals surface area contributed by atoms with Gasteiger partial charge in [-0.25, -0.2) is 0 Å². The molecule has 0 amide bonds. The average molecular weight is 791 g/mol. The Labute approximate surface area is 326 Å². The summed E-state index contributed by atoms with van der Waals surface area (Å²) in [6.45, 7) is 5.38. The molecule has 1 fully saturated rings. The lowest BCUT2D eigenvalue weighted by atomic mass is 9.68. The predicted molar refractivity (Wildman–Crippen MR) is 219 cm³/mol. The van der Waals surface area contributed by atoms with Crippen molar-refractivity contribution in [2.45, 2.75) is 64.2 Å². The van der Waals surface area contributed by atoms with E-state index in [1.165, 1.54) is 58.9 Å². The van der Waals surface area contributed by atoms with Gasteiger partial charge < -0.3 is 9.47 Å². The zero-order valence-corrected chi connectivity index (χ0v) is 33.3. The lowest BCUT2D eigenvalue weighted by Crippen LogP contribution is -2.27. The molecule has 1 spiro atoms. The van der Waals surface area contributed by atoms with Crippen LogP contribution in [0.5, 0.6) is 11.5 Å². The second kappa shape index (κ2) is 14.3. The first-order chi connectivity index (χ1) is 25.4. The molecule has 6 nitrogen and oxygen atoms in total. The Hall–Kier alpha value is -4.24. The minimum atomic E-state index is -0.0254. The van der Waals surface area contributed by atoms with E-state index in [9.17, 15) is 21.0 Å². The molecule has 0 aromatic carbocycles. The van der Waals surface area contributed by atoms with Crippen LogP contribution in [0.25, 0.3) is 60.2 Å². The van der Waals surface area contributed by atoms with Gasteiger partial charge in [0.25, 0.3) is 0 Å². The summed E-state index contributed by atoms with van der Waals surface area (Å²) in [6, 6.07) is 16.5. The van der Waals surface area contributed by atoms with Crippen molar-refractivity contribution in [2.75, 3.05) is 13.2 Å². The third-order valence-electron chi connectivity index (χ3n) is 9.46. The number of thiophene rings is 6. The first-order valence-electron chi connectivity index (χ1n) is 17.2. The van der Waals surface area contributed by atoms with Crippen LogP contribution in [0.4, 0.5) is 0 Å². The van der Waals surface area contributed by atoms with E-state index in [-0.39, 0.29) is 16.6 Å². The fraction of sp³-hybridized carbons (Fsp3) is 0.300. The summed E-state index contributed by atoms with van der Waals surface area (Å²) >= 11 is 10.7. The maximum Gasteiger partial charge on any atom is 0.139 e. The fourth-order valence-corrected chi connectivity index (χ4v) is 15.5. The van der Waals surface area contributed by atoms with Gasteiger partial charge in [0.2, 0.25) is 0 Å². The van der Waals surface area contributed by atoms with Crippen LogP contribution in [0.15, 0.2) is 35.4 Å². The third-order valence-corrected chi connectivity index (χ3v) is 16.9. The molecular formula is C40H30N4O2S6. The van der Waals surface area contributed by atoms with Gasteiger partial charge in [0, 0.05) is 35.7 Å². The van der Waals surface area contributed by atoms with Crippen molar-refractivity contribution < 1.29 is 9.47 Å². The van der Waals surface area contributed by atoms with Crippen molar-refractivity contribution in [3.05, 3.63) is 56.3 Å². The molecule has 12 heteroatoms. The molecular weight excluding hydrogens is 761 g/mol. The number of nitrogens with zero attached hydrogens (tertiary/aromatic N) is 4. The van der Waals surface area contributed by atoms with Crippen LogP contribution in [-0.4, -0.2) is 13.2 Å². The zero-order valence-electron chi connectivity index (χ0n) is 28.4. The summed E-state index contributed by atoms with van der Waals surface area (Å²) < 4.78 is 17.8. The first-order valence-corrected chi connectivity index (χ1v) is 22.1. The summed E-state index contributed by atoms with van der Waals surface area (Å²) in [7, 11) is 0. The van der Waals surface area contributed by atoms with E-state index in [1.54, 1.807) is 34.8 Å². The van der Waals surface area contributed by atoms with Gasteiger partial charge in [0.15, 0.2) is 0 Å². The summed E-state index contributed by atoms with van der Waals surface area (Å²) in [5.74, 6) is 1.62. The van der Waals surface area contributed by atoms with Crippen LogP contribution in [0, 0.1) is 45.3 Å². The van der Waals surface area contributed by atoms with E-state index in [0.29, 0.717) is 13.2 Å². The number of fused-ring (bicyclic) bond motifs is 9. The van der Waals surface area contributed by atoms with Gasteiger partial charge in [0.1, 0.15) is 46.9 Å². The number of ether oxygens (including phenoxy) is 2. The molecule has 8 rings (SSSR count). The standard InChI is InChI=1S/C40H30N4O2S6/c1-3-10-45-26-14-24(12-22(18-41)19-42)47-34(26)28-16-30-36(49-28)32-38(51-30)39-33(40(32)8-6-5-7-9-40)37-31(52-39)17-29(50-37)35-27(46-11-4-2)15-25(48-35)13-23(20-43)21-44/h12-17H,3-11H2,1-2H3. The molecule has 0 unspecified atom stereocenters. The van der Waals surface area contributed by atoms with Gasteiger partial charge in [0.05, 0.1) is 51.9 Å². The molecule has 258 valence electrons. The molecule has 6 heterocycles. The van der Waals surface area contributed by atoms with Crippen LogP contribution in [-0.2, 0) is 5.41 Å². The molecule has 0 bridgehead atoms. The highest BCUT2D eigenvalue weighted by Crippen LogP contribution is 2.67. The first kappa shape index (κ1) is 34.8. The Balaban J connectivity index is 1.24. The van der Waals surface area contributed by atoms with Gasteiger partial charge in [-0.3, -0.25) is 0 Å². The molecule has 0 radical (unpaired) electrons. The maximum atomic E-state index is 9.38. The van der Waals surface area contributed by atoms with Gasteiger partial charge >= 0.3 is 0 Å². The lowest BCUT2D eigenvalue weighted by Gasteiger charge is -2.35. The Morgan fingerprint density at radius 1 is 0.615 bits per heavy atom. The van der Waals surface area contributed by atoms with Gasteiger partial charge in [-0.1, -0.05) is 33.1 Å². The molecule has 0 saturated heterocycles. The van der Waals surface area contributed by atoms with Crippen molar-refractivity contribution in [1.29, 1.82) is 21.0 Å². The van der Waals surface area contributed by atoms with Gasteiger partial charge in [-0.15, -0.1) is 68.0 Å². The number of hydrogen-bond acceptors (Lipinski definition) is 12. The zero-order chi connectivity index (χ0) is 36.0. The highest BCUT2D eigenvalue weighted by molar-refractivity contribution is 7.36. The largest absolute Gasteiger partial charge is 0.492 e. The third kappa shape index (κ3) is 5.80. The molecule has 1 saturated carbocycles. The van der Waals surface area contributed by atoms with Crippen molar-refractivity contribution >= 4 is 99.0 Å². The molecule has 2 aliphatic rings. The van der Waals surface area contributed by atoms with Crippen LogP contribution < -0.4 is 9.47 Å². The van der Waals surface area contributed by atoms with E-state index < -0.39 is 0 Å².